The molecule has 0 aliphatic carbocycles. The first-order valence-electron chi connectivity index (χ1n) is 4.74. The van der Waals surface area contributed by atoms with Gasteiger partial charge in [0, 0.05) is 5.56 Å². The summed E-state index contributed by atoms with van der Waals surface area (Å²) in [7, 11) is 0. The van der Waals surface area contributed by atoms with Gasteiger partial charge in [-0.05, 0) is 13.0 Å². The quantitative estimate of drug-likeness (QED) is 0.468. The molecule has 0 radical (unpaired) electrons. The van der Waals surface area contributed by atoms with Crippen LogP contribution in [0.5, 0.6) is 0 Å². The van der Waals surface area contributed by atoms with Gasteiger partial charge in [-0.1, -0.05) is 0 Å². The third-order valence-electron chi connectivity index (χ3n) is 1.88. The lowest BCUT2D eigenvalue weighted by Crippen LogP contribution is -2.11. The maximum atomic E-state index is 13.2. The Morgan fingerprint density at radius 3 is 2.65 bits per heavy atom. The molecule has 0 bridgehead atoms. The fourth-order valence-electron chi connectivity index (χ4n) is 1.18. The molecule has 1 heterocycles. The van der Waals surface area contributed by atoms with Crippen LogP contribution in [0.3, 0.4) is 0 Å². The summed E-state index contributed by atoms with van der Waals surface area (Å²) in [6, 6.07) is 0.653. The molecule has 0 amide bonds. The first-order valence-corrected chi connectivity index (χ1v) is 4.74. The van der Waals surface area contributed by atoms with E-state index in [0.717, 1.165) is 0 Å². The number of hydrogen-bond acceptors (Lipinski definition) is 3. The van der Waals surface area contributed by atoms with Crippen LogP contribution in [0.1, 0.15) is 24.6 Å². The molecular formula is C10H9F4NO2. The Balaban J connectivity index is 3.01. The minimum Gasteiger partial charge on any atom is -0.466 e. The van der Waals surface area contributed by atoms with Gasteiger partial charge in [-0.2, -0.15) is 4.39 Å². The predicted molar refractivity (Wildman–Crippen MR) is 49.4 cm³/mol. The third kappa shape index (κ3) is 3.40. The Morgan fingerprint density at radius 2 is 2.12 bits per heavy atom. The molecule has 0 spiro atoms. The van der Waals surface area contributed by atoms with Crippen LogP contribution in [-0.4, -0.2) is 17.6 Å². The number of alkyl halides is 2. The maximum absolute atomic E-state index is 13.2. The minimum atomic E-state index is -3.04. The van der Waals surface area contributed by atoms with Crippen molar-refractivity contribution in [2.24, 2.45) is 0 Å². The van der Waals surface area contributed by atoms with Gasteiger partial charge in [0.15, 0.2) is 5.82 Å². The molecule has 94 valence electrons. The second-order valence-corrected chi connectivity index (χ2v) is 3.09. The van der Waals surface area contributed by atoms with Crippen molar-refractivity contribution in [1.82, 2.24) is 4.98 Å². The molecule has 0 aliphatic heterocycles. The number of esters is 1. The molecule has 17 heavy (non-hydrogen) atoms. The standard InChI is InChI=1S/C10H9F4NO2/c1-2-17-7(16)4-5-3-6(9(12)13)15-10(14)8(5)11/h3,9H,2,4H2,1H3. The van der Waals surface area contributed by atoms with Gasteiger partial charge in [0.25, 0.3) is 6.43 Å². The highest BCUT2D eigenvalue weighted by molar-refractivity contribution is 5.72. The molecular weight excluding hydrogens is 242 g/mol. The lowest BCUT2D eigenvalue weighted by molar-refractivity contribution is -0.142. The Morgan fingerprint density at radius 1 is 1.47 bits per heavy atom. The first-order chi connectivity index (χ1) is 7.95. The van der Waals surface area contributed by atoms with E-state index in [9.17, 15) is 22.4 Å². The molecule has 1 aromatic rings. The molecule has 1 rings (SSSR count). The fourth-order valence-corrected chi connectivity index (χ4v) is 1.18. The van der Waals surface area contributed by atoms with E-state index in [1.165, 1.54) is 6.92 Å². The van der Waals surface area contributed by atoms with Gasteiger partial charge in [-0.15, -0.1) is 0 Å². The van der Waals surface area contributed by atoms with Crippen LogP contribution in [0.4, 0.5) is 17.6 Å². The van der Waals surface area contributed by atoms with Crippen molar-refractivity contribution < 1.29 is 27.1 Å². The van der Waals surface area contributed by atoms with E-state index in [1.54, 1.807) is 0 Å². The second-order valence-electron chi connectivity index (χ2n) is 3.09. The second kappa shape index (κ2) is 5.60. The number of carbonyl (C=O) groups is 1. The zero-order valence-corrected chi connectivity index (χ0v) is 8.84. The van der Waals surface area contributed by atoms with Crippen LogP contribution in [0.15, 0.2) is 6.07 Å². The number of halogens is 4. The van der Waals surface area contributed by atoms with Crippen molar-refractivity contribution in [2.45, 2.75) is 19.8 Å². The van der Waals surface area contributed by atoms with Crippen LogP contribution in [0, 0.1) is 11.8 Å². The van der Waals surface area contributed by atoms with Gasteiger partial charge in [0.1, 0.15) is 5.69 Å². The van der Waals surface area contributed by atoms with Crippen LogP contribution in [0.2, 0.25) is 0 Å². The fraction of sp³-hybridized carbons (Fsp3) is 0.400. The monoisotopic (exact) mass is 251 g/mol. The van der Waals surface area contributed by atoms with Crippen molar-refractivity contribution in [2.75, 3.05) is 6.61 Å². The Hall–Kier alpha value is -1.66. The van der Waals surface area contributed by atoms with E-state index < -0.39 is 41.8 Å². The first kappa shape index (κ1) is 13.4. The average molecular weight is 251 g/mol. The summed E-state index contributed by atoms with van der Waals surface area (Å²) in [5.41, 5.74) is -1.41. The normalized spacial score (nSPS) is 10.7. The van der Waals surface area contributed by atoms with Crippen molar-refractivity contribution in [3.8, 4) is 0 Å². The van der Waals surface area contributed by atoms with Gasteiger partial charge in [0.05, 0.1) is 13.0 Å². The molecule has 0 fully saturated rings. The number of pyridine rings is 1. The SMILES string of the molecule is CCOC(=O)Cc1cc(C(F)F)nc(F)c1F. The summed E-state index contributed by atoms with van der Waals surface area (Å²) in [5.74, 6) is -3.89. The van der Waals surface area contributed by atoms with Crippen molar-refractivity contribution in [3.63, 3.8) is 0 Å². The number of aromatic nitrogens is 1. The number of ether oxygens (including phenoxy) is 1. The predicted octanol–water partition coefficient (Wildman–Crippen LogP) is 2.40. The minimum absolute atomic E-state index is 0.0652. The lowest BCUT2D eigenvalue weighted by Gasteiger charge is -2.06. The highest BCUT2D eigenvalue weighted by atomic mass is 19.3. The van der Waals surface area contributed by atoms with Gasteiger partial charge in [0.2, 0.25) is 5.95 Å². The van der Waals surface area contributed by atoms with Gasteiger partial charge in [-0.3, -0.25) is 4.79 Å². The molecule has 0 saturated carbocycles. The van der Waals surface area contributed by atoms with Crippen molar-refractivity contribution in [1.29, 1.82) is 0 Å². The van der Waals surface area contributed by atoms with Gasteiger partial charge >= 0.3 is 5.97 Å². The molecule has 0 saturated heterocycles. The summed E-state index contributed by atoms with van der Waals surface area (Å²) in [6.07, 6.45) is -3.65. The summed E-state index contributed by atoms with van der Waals surface area (Å²) in [4.78, 5) is 13.8. The molecule has 0 aliphatic rings. The molecule has 1 aromatic heterocycles. The van der Waals surface area contributed by atoms with E-state index >= 15 is 0 Å². The van der Waals surface area contributed by atoms with Gasteiger partial charge in [-0.25, -0.2) is 18.2 Å². The molecule has 0 N–H and O–H groups in total. The number of carbonyl (C=O) groups excluding carboxylic acids is 1. The number of nitrogens with zero attached hydrogens (tertiary/aromatic N) is 1. The lowest BCUT2D eigenvalue weighted by atomic mass is 10.1. The van der Waals surface area contributed by atoms with Crippen LogP contribution < -0.4 is 0 Å². The molecule has 3 nitrogen and oxygen atoms in total. The van der Waals surface area contributed by atoms with Crippen LogP contribution in [-0.2, 0) is 16.0 Å². The number of hydrogen-bond donors (Lipinski definition) is 0. The summed E-state index contributed by atoms with van der Waals surface area (Å²) >= 11 is 0. The van der Waals surface area contributed by atoms with E-state index in [0.29, 0.717) is 6.07 Å². The topological polar surface area (TPSA) is 39.2 Å². The zero-order chi connectivity index (χ0) is 13.0. The largest absolute Gasteiger partial charge is 0.466 e. The van der Waals surface area contributed by atoms with Gasteiger partial charge < -0.3 is 4.74 Å². The Kier molecular flexibility index (Phi) is 4.42. The molecule has 0 unspecified atom stereocenters. The summed E-state index contributed by atoms with van der Waals surface area (Å²) in [5, 5.41) is 0. The van der Waals surface area contributed by atoms with E-state index in [1.807, 2.05) is 0 Å². The van der Waals surface area contributed by atoms with E-state index in [-0.39, 0.29) is 6.61 Å². The number of rotatable bonds is 4. The van der Waals surface area contributed by atoms with E-state index in [4.69, 9.17) is 0 Å². The highest BCUT2D eigenvalue weighted by Crippen LogP contribution is 2.21. The van der Waals surface area contributed by atoms with Crippen LogP contribution in [0.25, 0.3) is 0 Å². The zero-order valence-electron chi connectivity index (χ0n) is 8.84. The Labute approximate surface area is 94.4 Å². The summed E-state index contributed by atoms with van der Waals surface area (Å²) in [6.45, 7) is 1.60. The molecule has 7 heteroatoms. The molecule has 0 atom stereocenters. The van der Waals surface area contributed by atoms with Crippen molar-refractivity contribution >= 4 is 5.97 Å². The van der Waals surface area contributed by atoms with Crippen LogP contribution >= 0.6 is 0 Å². The highest BCUT2D eigenvalue weighted by Gasteiger charge is 2.19. The summed E-state index contributed by atoms with van der Waals surface area (Å²) < 4.78 is 55.1. The smallest absolute Gasteiger partial charge is 0.310 e. The Bertz CT molecular complexity index is 423. The van der Waals surface area contributed by atoms with Crippen molar-refractivity contribution in [3.05, 3.63) is 29.1 Å². The van der Waals surface area contributed by atoms with E-state index in [2.05, 4.69) is 9.72 Å². The average Bonchev–Trinajstić information content (AvgIpc) is 2.24. The third-order valence-corrected chi connectivity index (χ3v) is 1.88. The molecule has 0 aromatic carbocycles. The maximum Gasteiger partial charge on any atom is 0.310 e.